The highest BCUT2D eigenvalue weighted by atomic mass is 35.5. The molecular weight excluding hydrogens is 472 g/mol. The van der Waals surface area contributed by atoms with Crippen LogP contribution in [0, 0.1) is 5.92 Å². The molecule has 3 heterocycles. The third kappa shape index (κ3) is 6.42. The highest BCUT2D eigenvalue weighted by Crippen LogP contribution is 2.27. The Bertz CT molecular complexity index is 990. The molecule has 0 bridgehead atoms. The molecule has 7 nitrogen and oxygen atoms in total. The van der Waals surface area contributed by atoms with Crippen molar-refractivity contribution in [3.8, 4) is 0 Å². The van der Waals surface area contributed by atoms with E-state index in [4.69, 9.17) is 21.3 Å². The molecule has 2 aliphatic rings. The van der Waals surface area contributed by atoms with Gasteiger partial charge in [0.1, 0.15) is 11.0 Å². The summed E-state index contributed by atoms with van der Waals surface area (Å²) in [5.74, 6) is 1.34. The third-order valence-electron chi connectivity index (χ3n) is 6.31. The van der Waals surface area contributed by atoms with Crippen LogP contribution in [0.4, 0.5) is 5.82 Å². The van der Waals surface area contributed by atoms with Crippen LogP contribution in [-0.4, -0.2) is 59.5 Å². The van der Waals surface area contributed by atoms with Gasteiger partial charge in [0.25, 0.3) is 5.91 Å². The molecule has 0 N–H and O–H groups in total. The number of thioether (sulfide) groups is 1. The fourth-order valence-corrected chi connectivity index (χ4v) is 5.42. The number of anilines is 1. The second-order valence-corrected chi connectivity index (χ2v) is 10.0. The number of rotatable bonds is 7. The average Bonchev–Trinajstić information content (AvgIpc) is 2.88. The van der Waals surface area contributed by atoms with Gasteiger partial charge in [-0.2, -0.15) is 0 Å². The maximum atomic E-state index is 12.9. The topological polar surface area (TPSA) is 75.6 Å². The summed E-state index contributed by atoms with van der Waals surface area (Å²) in [5, 5.41) is 1.13. The minimum absolute atomic E-state index is 0.00543. The molecule has 1 amide bonds. The molecule has 0 aliphatic carbocycles. The number of carbonyl (C=O) groups is 2. The highest BCUT2D eigenvalue weighted by molar-refractivity contribution is 7.98. The molecule has 2 aliphatic heterocycles. The quantitative estimate of drug-likeness (QED) is 0.232. The van der Waals surface area contributed by atoms with E-state index in [0.717, 1.165) is 24.5 Å². The van der Waals surface area contributed by atoms with Gasteiger partial charge in [0.15, 0.2) is 5.16 Å². The number of nitrogens with zero attached hydrogens (tertiary/aromatic N) is 4. The molecule has 0 spiro atoms. The second-order valence-electron chi connectivity index (χ2n) is 8.68. The zero-order valence-electron chi connectivity index (χ0n) is 19.5. The highest BCUT2D eigenvalue weighted by Gasteiger charge is 2.28. The van der Waals surface area contributed by atoms with Gasteiger partial charge >= 0.3 is 5.97 Å². The minimum atomic E-state index is -0.150. The van der Waals surface area contributed by atoms with E-state index in [9.17, 15) is 9.59 Å². The molecule has 2 aromatic rings. The van der Waals surface area contributed by atoms with Gasteiger partial charge in [-0.1, -0.05) is 35.5 Å². The van der Waals surface area contributed by atoms with Gasteiger partial charge < -0.3 is 14.5 Å². The molecule has 4 rings (SSSR count). The number of hydrogen-bond acceptors (Lipinski definition) is 7. The van der Waals surface area contributed by atoms with Crippen LogP contribution < -0.4 is 4.90 Å². The van der Waals surface area contributed by atoms with Crippen LogP contribution in [0.5, 0.6) is 0 Å². The lowest BCUT2D eigenvalue weighted by molar-refractivity contribution is -0.149. The standard InChI is InChI=1S/C25H31ClN4O3S/c1-2-33-24(32)20-10-14-30(15-11-20)23(31)19-8-6-18(7-9-19)17-34-25-27-21(26)16-22(28-25)29-12-4-3-5-13-29/h6-9,16,20H,2-5,10-15,17H2,1H3. The maximum absolute atomic E-state index is 12.9. The lowest BCUT2D eigenvalue weighted by atomic mass is 9.96. The van der Waals surface area contributed by atoms with Gasteiger partial charge in [0.2, 0.25) is 0 Å². The Morgan fingerprint density at radius 3 is 2.44 bits per heavy atom. The van der Waals surface area contributed by atoms with E-state index in [-0.39, 0.29) is 17.8 Å². The molecule has 182 valence electrons. The van der Waals surface area contributed by atoms with Crippen LogP contribution in [0.3, 0.4) is 0 Å². The van der Waals surface area contributed by atoms with Crippen molar-refractivity contribution in [2.45, 2.75) is 49.9 Å². The maximum Gasteiger partial charge on any atom is 0.309 e. The van der Waals surface area contributed by atoms with Crippen molar-refractivity contribution in [2.75, 3.05) is 37.7 Å². The predicted molar refractivity (Wildman–Crippen MR) is 134 cm³/mol. The second kappa shape index (κ2) is 11.9. The lowest BCUT2D eigenvalue weighted by Gasteiger charge is -2.31. The van der Waals surface area contributed by atoms with Crippen LogP contribution in [-0.2, 0) is 15.3 Å². The monoisotopic (exact) mass is 502 g/mol. The third-order valence-corrected chi connectivity index (χ3v) is 7.42. The van der Waals surface area contributed by atoms with Gasteiger partial charge in [-0.15, -0.1) is 0 Å². The Kier molecular flexibility index (Phi) is 8.67. The van der Waals surface area contributed by atoms with E-state index < -0.39 is 0 Å². The molecule has 0 atom stereocenters. The fraction of sp³-hybridized carbons (Fsp3) is 0.520. The Morgan fingerprint density at radius 1 is 1.06 bits per heavy atom. The van der Waals surface area contributed by atoms with Crippen molar-refractivity contribution in [3.05, 3.63) is 46.6 Å². The van der Waals surface area contributed by atoms with E-state index in [0.29, 0.717) is 54.2 Å². The number of piperidine rings is 2. The van der Waals surface area contributed by atoms with Crippen molar-refractivity contribution in [2.24, 2.45) is 5.92 Å². The summed E-state index contributed by atoms with van der Waals surface area (Å²) in [6.45, 7) is 5.37. The SMILES string of the molecule is CCOC(=O)C1CCN(C(=O)c2ccc(CSc3nc(Cl)cc(N4CCCCC4)n3)cc2)CC1. The van der Waals surface area contributed by atoms with Crippen LogP contribution >= 0.6 is 23.4 Å². The van der Waals surface area contributed by atoms with Crippen LogP contribution in [0.25, 0.3) is 0 Å². The van der Waals surface area contributed by atoms with Gasteiger partial charge in [0.05, 0.1) is 12.5 Å². The molecule has 9 heteroatoms. The van der Waals surface area contributed by atoms with Crippen molar-refractivity contribution in [1.82, 2.24) is 14.9 Å². The molecule has 2 fully saturated rings. The molecule has 0 unspecified atom stereocenters. The van der Waals surface area contributed by atoms with Gasteiger partial charge in [-0.3, -0.25) is 9.59 Å². The minimum Gasteiger partial charge on any atom is -0.466 e. The normalized spacial score (nSPS) is 17.0. The smallest absolute Gasteiger partial charge is 0.309 e. The van der Waals surface area contributed by atoms with Gasteiger partial charge in [0, 0.05) is 43.6 Å². The Labute approximate surface area is 210 Å². The first-order valence-corrected chi connectivity index (χ1v) is 13.4. The molecule has 1 aromatic heterocycles. The summed E-state index contributed by atoms with van der Waals surface area (Å²) in [6.07, 6.45) is 4.93. The number of carbonyl (C=O) groups excluding carboxylic acids is 2. The predicted octanol–water partition coefficient (Wildman–Crippen LogP) is 4.83. The van der Waals surface area contributed by atoms with Crippen molar-refractivity contribution >= 4 is 41.1 Å². The summed E-state index contributed by atoms with van der Waals surface area (Å²) < 4.78 is 5.11. The summed E-state index contributed by atoms with van der Waals surface area (Å²) in [6, 6.07) is 9.53. The van der Waals surface area contributed by atoms with E-state index >= 15 is 0 Å². The summed E-state index contributed by atoms with van der Waals surface area (Å²) >= 11 is 7.81. The van der Waals surface area contributed by atoms with E-state index in [1.807, 2.05) is 42.2 Å². The van der Waals surface area contributed by atoms with Gasteiger partial charge in [-0.05, 0) is 56.7 Å². The first-order valence-electron chi connectivity index (χ1n) is 12.0. The molecule has 34 heavy (non-hydrogen) atoms. The van der Waals surface area contributed by atoms with Crippen molar-refractivity contribution < 1.29 is 14.3 Å². The van der Waals surface area contributed by atoms with E-state index in [2.05, 4.69) is 9.88 Å². The Morgan fingerprint density at radius 2 is 1.76 bits per heavy atom. The number of halogens is 1. The largest absolute Gasteiger partial charge is 0.466 e. The lowest BCUT2D eigenvalue weighted by Crippen LogP contribution is -2.40. The van der Waals surface area contributed by atoms with Crippen molar-refractivity contribution in [1.29, 1.82) is 0 Å². The number of aromatic nitrogens is 2. The zero-order chi connectivity index (χ0) is 23.9. The number of hydrogen-bond donors (Lipinski definition) is 0. The molecule has 0 radical (unpaired) electrons. The van der Waals surface area contributed by atoms with E-state index in [1.54, 1.807) is 11.8 Å². The van der Waals surface area contributed by atoms with Crippen LogP contribution in [0.15, 0.2) is 35.5 Å². The Hall–Kier alpha value is -2.32. The summed E-state index contributed by atoms with van der Waals surface area (Å²) in [5.41, 5.74) is 1.75. The number of ether oxygens (including phenoxy) is 1. The van der Waals surface area contributed by atoms with Crippen LogP contribution in [0.1, 0.15) is 54.9 Å². The fourth-order valence-electron chi connectivity index (χ4n) is 4.39. The molecule has 1 aromatic carbocycles. The number of amides is 1. The average molecular weight is 503 g/mol. The Balaban J connectivity index is 1.31. The van der Waals surface area contributed by atoms with Gasteiger partial charge in [-0.25, -0.2) is 9.97 Å². The number of esters is 1. The molecule has 0 saturated carbocycles. The van der Waals surface area contributed by atoms with Crippen LogP contribution in [0.2, 0.25) is 5.15 Å². The molecular formula is C25H31ClN4O3S. The van der Waals surface area contributed by atoms with E-state index in [1.165, 1.54) is 19.3 Å². The summed E-state index contributed by atoms with van der Waals surface area (Å²) in [4.78, 5) is 38.0. The first-order chi connectivity index (χ1) is 16.5. The number of likely N-dealkylation sites (tertiary alicyclic amines) is 1. The zero-order valence-corrected chi connectivity index (χ0v) is 21.1. The summed E-state index contributed by atoms with van der Waals surface area (Å²) in [7, 11) is 0. The van der Waals surface area contributed by atoms with Crippen molar-refractivity contribution in [3.63, 3.8) is 0 Å². The molecule has 2 saturated heterocycles. The first kappa shape index (κ1) is 24.8. The number of benzene rings is 1.